The summed E-state index contributed by atoms with van der Waals surface area (Å²) in [6, 6.07) is 10.4. The summed E-state index contributed by atoms with van der Waals surface area (Å²) in [4.78, 5) is 15.7. The lowest BCUT2D eigenvalue weighted by molar-refractivity contribution is -0.119. The predicted molar refractivity (Wildman–Crippen MR) is 87.0 cm³/mol. The molecule has 0 saturated carbocycles. The van der Waals surface area contributed by atoms with Crippen molar-refractivity contribution < 1.29 is 4.79 Å². The van der Waals surface area contributed by atoms with E-state index in [1.807, 2.05) is 6.07 Å². The number of hydrogen-bond acceptors (Lipinski definition) is 3. The molecule has 21 heavy (non-hydrogen) atoms. The molecule has 0 bridgehead atoms. The maximum absolute atomic E-state index is 10.8. The highest BCUT2D eigenvalue weighted by Crippen LogP contribution is 2.04. The average Bonchev–Trinajstić information content (AvgIpc) is 2.50. The first-order valence-electron chi connectivity index (χ1n) is 7.65. The number of rotatable bonds is 6. The zero-order chi connectivity index (χ0) is 14.9. The molecule has 1 fully saturated rings. The van der Waals surface area contributed by atoms with Crippen molar-refractivity contribution in [2.45, 2.75) is 6.92 Å². The minimum Gasteiger partial charge on any atom is -0.355 e. The van der Waals surface area contributed by atoms with Gasteiger partial charge in [-0.2, -0.15) is 0 Å². The molecule has 1 aliphatic heterocycles. The Morgan fingerprint density at radius 1 is 1.14 bits per heavy atom. The molecule has 0 aromatic heterocycles. The summed E-state index contributed by atoms with van der Waals surface area (Å²) >= 11 is 0. The molecule has 1 aromatic carbocycles. The quantitative estimate of drug-likeness (QED) is 0.860. The number of carbonyl (C=O) groups is 1. The number of amides is 1. The molecule has 114 valence electrons. The zero-order valence-electron chi connectivity index (χ0n) is 12.8. The lowest BCUT2D eigenvalue weighted by Crippen LogP contribution is -2.48. The molecule has 0 unspecified atom stereocenters. The topological polar surface area (TPSA) is 35.6 Å². The summed E-state index contributed by atoms with van der Waals surface area (Å²) in [7, 11) is 0. The van der Waals surface area contributed by atoms with E-state index >= 15 is 0 Å². The van der Waals surface area contributed by atoms with Crippen LogP contribution in [0.4, 0.5) is 0 Å². The smallest absolute Gasteiger partial charge is 0.216 e. The molecule has 1 amide bonds. The van der Waals surface area contributed by atoms with Gasteiger partial charge in [-0.25, -0.2) is 0 Å². The van der Waals surface area contributed by atoms with Gasteiger partial charge in [-0.15, -0.1) is 0 Å². The van der Waals surface area contributed by atoms with E-state index in [4.69, 9.17) is 0 Å². The first-order valence-corrected chi connectivity index (χ1v) is 7.65. The van der Waals surface area contributed by atoms with Gasteiger partial charge in [0.1, 0.15) is 0 Å². The van der Waals surface area contributed by atoms with Crippen LogP contribution < -0.4 is 5.32 Å². The summed E-state index contributed by atoms with van der Waals surface area (Å²) in [5, 5.41) is 2.85. The van der Waals surface area contributed by atoms with Gasteiger partial charge in [0.15, 0.2) is 0 Å². The Balaban J connectivity index is 1.63. The normalized spacial score (nSPS) is 17.2. The Hall–Kier alpha value is -1.65. The molecule has 2 rings (SSSR count). The molecule has 1 N–H and O–H groups in total. The van der Waals surface area contributed by atoms with Gasteiger partial charge in [-0.05, 0) is 5.56 Å². The number of benzene rings is 1. The number of hydrogen-bond donors (Lipinski definition) is 1. The maximum Gasteiger partial charge on any atom is 0.216 e. The Labute approximate surface area is 127 Å². The second-order valence-electron chi connectivity index (χ2n) is 5.44. The highest BCUT2D eigenvalue weighted by molar-refractivity contribution is 5.72. The molecule has 4 heteroatoms. The van der Waals surface area contributed by atoms with Crippen molar-refractivity contribution in [3.05, 3.63) is 42.0 Å². The van der Waals surface area contributed by atoms with Gasteiger partial charge < -0.3 is 5.32 Å². The summed E-state index contributed by atoms with van der Waals surface area (Å²) < 4.78 is 0. The fourth-order valence-corrected chi connectivity index (χ4v) is 2.49. The van der Waals surface area contributed by atoms with Crippen molar-refractivity contribution >= 4 is 12.0 Å². The minimum atomic E-state index is 0.0553. The van der Waals surface area contributed by atoms with E-state index in [0.717, 1.165) is 45.8 Å². The fourth-order valence-electron chi connectivity index (χ4n) is 2.49. The highest BCUT2D eigenvalue weighted by Gasteiger charge is 2.15. The molecular weight excluding hydrogens is 262 g/mol. The summed E-state index contributed by atoms with van der Waals surface area (Å²) in [5.41, 5.74) is 1.26. The van der Waals surface area contributed by atoms with Crippen molar-refractivity contribution in [3.63, 3.8) is 0 Å². The first-order chi connectivity index (χ1) is 10.2. The van der Waals surface area contributed by atoms with Gasteiger partial charge in [0, 0.05) is 52.7 Å². The molecule has 0 aliphatic carbocycles. The van der Waals surface area contributed by atoms with Crippen LogP contribution >= 0.6 is 0 Å². The Kier molecular flexibility index (Phi) is 6.44. The van der Waals surface area contributed by atoms with Gasteiger partial charge in [0.2, 0.25) is 5.91 Å². The summed E-state index contributed by atoms with van der Waals surface area (Å²) in [6.07, 6.45) is 4.42. The van der Waals surface area contributed by atoms with Gasteiger partial charge in [0.25, 0.3) is 0 Å². The van der Waals surface area contributed by atoms with Crippen LogP contribution in [-0.4, -0.2) is 61.5 Å². The molecule has 1 heterocycles. The van der Waals surface area contributed by atoms with Crippen LogP contribution in [0, 0.1) is 0 Å². The van der Waals surface area contributed by atoms with Crippen molar-refractivity contribution in [3.8, 4) is 0 Å². The fraction of sp³-hybridized carbons (Fsp3) is 0.471. The van der Waals surface area contributed by atoms with Gasteiger partial charge >= 0.3 is 0 Å². The monoisotopic (exact) mass is 287 g/mol. The second-order valence-corrected chi connectivity index (χ2v) is 5.44. The highest BCUT2D eigenvalue weighted by atomic mass is 16.1. The van der Waals surface area contributed by atoms with Crippen molar-refractivity contribution in [1.82, 2.24) is 15.1 Å². The molecule has 4 nitrogen and oxygen atoms in total. The Bertz CT molecular complexity index is 450. The van der Waals surface area contributed by atoms with Gasteiger partial charge in [-0.3, -0.25) is 14.6 Å². The summed E-state index contributed by atoms with van der Waals surface area (Å²) in [6.45, 7) is 8.64. The standard InChI is InChI=1S/C17H25N3O/c1-16(21)18-9-11-20-14-12-19(13-15-20)10-5-8-17-6-3-2-4-7-17/h2-8H,9-15H2,1H3,(H,18,21)/b8-5+. The van der Waals surface area contributed by atoms with E-state index in [1.165, 1.54) is 5.56 Å². The molecular formula is C17H25N3O. The van der Waals surface area contributed by atoms with Gasteiger partial charge in [0.05, 0.1) is 0 Å². The van der Waals surface area contributed by atoms with Crippen LogP contribution in [0.15, 0.2) is 36.4 Å². The largest absolute Gasteiger partial charge is 0.355 e. The number of nitrogens with one attached hydrogen (secondary N) is 1. The third-order valence-electron chi connectivity index (χ3n) is 3.74. The van der Waals surface area contributed by atoms with E-state index in [2.05, 4.69) is 51.5 Å². The first kappa shape index (κ1) is 15.7. The van der Waals surface area contributed by atoms with Crippen LogP contribution in [0.25, 0.3) is 6.08 Å². The number of carbonyl (C=O) groups excluding carboxylic acids is 1. The third kappa shape index (κ3) is 6.10. The predicted octanol–water partition coefficient (Wildman–Crippen LogP) is 1.45. The number of piperazine rings is 1. The third-order valence-corrected chi connectivity index (χ3v) is 3.74. The van der Waals surface area contributed by atoms with Gasteiger partial charge in [-0.1, -0.05) is 42.5 Å². The van der Waals surface area contributed by atoms with E-state index < -0.39 is 0 Å². The molecule has 0 radical (unpaired) electrons. The average molecular weight is 287 g/mol. The zero-order valence-corrected chi connectivity index (χ0v) is 12.8. The van der Waals surface area contributed by atoms with Crippen molar-refractivity contribution in [2.24, 2.45) is 0 Å². The Morgan fingerprint density at radius 2 is 1.81 bits per heavy atom. The van der Waals surface area contributed by atoms with E-state index in [9.17, 15) is 4.79 Å². The van der Waals surface area contributed by atoms with Crippen LogP contribution in [0.1, 0.15) is 12.5 Å². The summed E-state index contributed by atoms with van der Waals surface area (Å²) in [5.74, 6) is 0.0553. The van der Waals surface area contributed by atoms with Crippen LogP contribution in [0.3, 0.4) is 0 Å². The SMILES string of the molecule is CC(=O)NCCN1CCN(C/C=C/c2ccccc2)CC1. The minimum absolute atomic E-state index is 0.0553. The second kappa shape index (κ2) is 8.60. The molecule has 1 aromatic rings. The van der Waals surface area contributed by atoms with E-state index in [1.54, 1.807) is 6.92 Å². The maximum atomic E-state index is 10.8. The van der Waals surface area contributed by atoms with Crippen LogP contribution in [0.5, 0.6) is 0 Å². The molecule has 0 atom stereocenters. The number of nitrogens with zero attached hydrogens (tertiary/aromatic N) is 2. The lowest BCUT2D eigenvalue weighted by Gasteiger charge is -2.34. The van der Waals surface area contributed by atoms with Crippen molar-refractivity contribution in [1.29, 1.82) is 0 Å². The molecule has 1 aliphatic rings. The van der Waals surface area contributed by atoms with E-state index in [0.29, 0.717) is 0 Å². The van der Waals surface area contributed by atoms with Crippen molar-refractivity contribution in [2.75, 3.05) is 45.8 Å². The van der Waals surface area contributed by atoms with Crippen LogP contribution in [-0.2, 0) is 4.79 Å². The lowest BCUT2D eigenvalue weighted by atomic mass is 10.2. The van der Waals surface area contributed by atoms with E-state index in [-0.39, 0.29) is 5.91 Å². The molecule has 1 saturated heterocycles. The Morgan fingerprint density at radius 3 is 2.48 bits per heavy atom. The molecule has 0 spiro atoms. The van der Waals surface area contributed by atoms with Crippen LogP contribution in [0.2, 0.25) is 0 Å².